The topological polar surface area (TPSA) is 36.0 Å². The number of likely N-dealkylation sites (tertiary alicyclic amines) is 1. The van der Waals surface area contributed by atoms with Gasteiger partial charge in [-0.05, 0) is 55.9 Å². The summed E-state index contributed by atoms with van der Waals surface area (Å²) in [5.74, 6) is 2.03. The van der Waals surface area contributed by atoms with Crippen molar-refractivity contribution in [2.75, 3.05) is 51.3 Å². The molecule has 2 atom stereocenters. The molecule has 3 fully saturated rings. The lowest BCUT2D eigenvalue weighted by atomic mass is 9.78. The van der Waals surface area contributed by atoms with Crippen LogP contribution in [0.5, 0.6) is 5.75 Å². The molecule has 1 aromatic rings. The number of hydrogen-bond donors (Lipinski definition) is 0. The monoisotopic (exact) mass is 371 g/mol. The molecule has 0 unspecified atom stereocenters. The Morgan fingerprint density at radius 2 is 1.67 bits per heavy atom. The van der Waals surface area contributed by atoms with Crippen molar-refractivity contribution in [3.8, 4) is 5.75 Å². The lowest BCUT2D eigenvalue weighted by molar-refractivity contribution is -0.138. The van der Waals surface area contributed by atoms with Gasteiger partial charge in [0.25, 0.3) is 0 Å². The number of piperidine rings is 1. The van der Waals surface area contributed by atoms with Crippen molar-refractivity contribution in [1.82, 2.24) is 9.80 Å². The fourth-order valence-corrected chi connectivity index (χ4v) is 5.17. The first-order chi connectivity index (χ1) is 13.2. The van der Waals surface area contributed by atoms with E-state index in [0.29, 0.717) is 18.5 Å². The number of fused-ring (bicyclic) bond motifs is 1. The molecule has 3 aliphatic rings. The zero-order chi connectivity index (χ0) is 18.6. The maximum Gasteiger partial charge on any atom is 0.237 e. The molecular formula is C22H33N3O2. The fourth-order valence-electron chi connectivity index (χ4n) is 5.17. The van der Waals surface area contributed by atoms with Gasteiger partial charge < -0.3 is 14.5 Å². The van der Waals surface area contributed by atoms with Gasteiger partial charge >= 0.3 is 0 Å². The summed E-state index contributed by atoms with van der Waals surface area (Å²) >= 11 is 0. The third-order valence-corrected chi connectivity index (χ3v) is 6.73. The lowest BCUT2D eigenvalue weighted by Gasteiger charge is -2.45. The third kappa shape index (κ3) is 4.23. The highest BCUT2D eigenvalue weighted by Crippen LogP contribution is 2.35. The van der Waals surface area contributed by atoms with Crippen molar-refractivity contribution in [3.05, 3.63) is 24.3 Å². The van der Waals surface area contributed by atoms with Crippen molar-refractivity contribution in [2.45, 2.75) is 44.6 Å². The summed E-state index contributed by atoms with van der Waals surface area (Å²) in [5.41, 5.74) is 1.24. The van der Waals surface area contributed by atoms with Crippen LogP contribution >= 0.6 is 0 Å². The molecule has 5 nitrogen and oxygen atoms in total. The van der Waals surface area contributed by atoms with Crippen molar-refractivity contribution in [2.24, 2.45) is 5.92 Å². The Kier molecular flexibility index (Phi) is 5.86. The Hall–Kier alpha value is -1.75. The average molecular weight is 372 g/mol. The van der Waals surface area contributed by atoms with Gasteiger partial charge in [-0.1, -0.05) is 12.8 Å². The Morgan fingerprint density at radius 3 is 2.41 bits per heavy atom. The molecule has 27 heavy (non-hydrogen) atoms. The van der Waals surface area contributed by atoms with E-state index in [0.717, 1.165) is 44.4 Å². The molecule has 2 aliphatic heterocycles. The van der Waals surface area contributed by atoms with E-state index in [1.165, 1.54) is 44.2 Å². The Labute approximate surface area is 163 Å². The number of piperazine rings is 1. The van der Waals surface area contributed by atoms with Gasteiger partial charge in [0, 0.05) is 44.5 Å². The van der Waals surface area contributed by atoms with E-state index in [4.69, 9.17) is 4.74 Å². The molecule has 1 saturated carbocycles. The van der Waals surface area contributed by atoms with Crippen LogP contribution in [0, 0.1) is 5.92 Å². The van der Waals surface area contributed by atoms with Crippen molar-refractivity contribution < 1.29 is 9.53 Å². The second-order valence-electron chi connectivity index (χ2n) is 8.30. The molecule has 0 aromatic heterocycles. The predicted molar refractivity (Wildman–Crippen MR) is 108 cm³/mol. The van der Waals surface area contributed by atoms with Crippen LogP contribution in [0.1, 0.15) is 38.5 Å². The summed E-state index contributed by atoms with van der Waals surface area (Å²) in [6, 6.07) is 8.80. The van der Waals surface area contributed by atoms with Gasteiger partial charge in [-0.25, -0.2) is 0 Å². The summed E-state index contributed by atoms with van der Waals surface area (Å²) < 4.78 is 5.24. The van der Waals surface area contributed by atoms with E-state index < -0.39 is 0 Å². The van der Waals surface area contributed by atoms with Crippen LogP contribution in [0.15, 0.2) is 24.3 Å². The maximum atomic E-state index is 13.0. The first-order valence-electron chi connectivity index (χ1n) is 10.7. The Bertz CT molecular complexity index is 623. The van der Waals surface area contributed by atoms with Crippen LogP contribution in [0.4, 0.5) is 5.69 Å². The Balaban J connectivity index is 1.28. The van der Waals surface area contributed by atoms with Gasteiger partial charge in [0.1, 0.15) is 5.75 Å². The molecule has 1 aliphatic carbocycles. The molecule has 4 rings (SSSR count). The number of methoxy groups -OCH3 is 1. The summed E-state index contributed by atoms with van der Waals surface area (Å²) in [7, 11) is 1.70. The average Bonchev–Trinajstić information content (AvgIpc) is 2.74. The van der Waals surface area contributed by atoms with Gasteiger partial charge in [-0.2, -0.15) is 0 Å². The van der Waals surface area contributed by atoms with E-state index in [1.54, 1.807) is 7.11 Å². The van der Waals surface area contributed by atoms with Gasteiger partial charge in [-0.3, -0.25) is 9.69 Å². The molecule has 2 heterocycles. The highest BCUT2D eigenvalue weighted by atomic mass is 16.5. The molecule has 2 saturated heterocycles. The normalized spacial score (nSPS) is 26.6. The lowest BCUT2D eigenvalue weighted by Crippen LogP contribution is -2.54. The van der Waals surface area contributed by atoms with E-state index in [9.17, 15) is 4.79 Å². The fraction of sp³-hybridized carbons (Fsp3) is 0.682. The summed E-state index contributed by atoms with van der Waals surface area (Å²) in [6.07, 6.45) is 7.73. The number of rotatable bonds is 4. The minimum atomic E-state index is 0.365. The first kappa shape index (κ1) is 18.6. The van der Waals surface area contributed by atoms with Crippen molar-refractivity contribution in [3.63, 3.8) is 0 Å². The quantitative estimate of drug-likeness (QED) is 0.815. The standard InChI is InChI=1S/C22H33N3O2/c1-27-20-10-8-19(9-11-20)24-15-13-23(14-16-24)17-22(26)25-12-4-6-18-5-2-3-7-21(18)25/h8-11,18,21H,2-7,12-17H2,1H3/t18-,21+/m1/s1. The Morgan fingerprint density at radius 1 is 0.963 bits per heavy atom. The van der Waals surface area contributed by atoms with Crippen LogP contribution in [0.2, 0.25) is 0 Å². The predicted octanol–water partition coefficient (Wildman–Crippen LogP) is 3.00. The van der Waals surface area contributed by atoms with Crippen LogP contribution in [0.3, 0.4) is 0 Å². The van der Waals surface area contributed by atoms with Crippen LogP contribution in [0.25, 0.3) is 0 Å². The molecule has 0 spiro atoms. The van der Waals surface area contributed by atoms with Crippen LogP contribution in [-0.2, 0) is 4.79 Å². The number of amides is 1. The number of carbonyl (C=O) groups is 1. The largest absolute Gasteiger partial charge is 0.497 e. The number of hydrogen-bond acceptors (Lipinski definition) is 4. The van der Waals surface area contributed by atoms with Crippen molar-refractivity contribution >= 4 is 11.6 Å². The smallest absolute Gasteiger partial charge is 0.237 e. The number of ether oxygens (including phenoxy) is 1. The molecule has 1 amide bonds. The van der Waals surface area contributed by atoms with E-state index >= 15 is 0 Å². The summed E-state index contributed by atoms with van der Waals surface area (Å²) in [5, 5.41) is 0. The molecule has 148 valence electrons. The highest BCUT2D eigenvalue weighted by molar-refractivity contribution is 5.78. The van der Waals surface area contributed by atoms with Crippen LogP contribution in [-0.4, -0.2) is 68.1 Å². The number of nitrogens with zero attached hydrogens (tertiary/aromatic N) is 3. The van der Waals surface area contributed by atoms with E-state index in [2.05, 4.69) is 26.8 Å². The summed E-state index contributed by atoms with van der Waals surface area (Å²) in [6.45, 7) is 5.45. The highest BCUT2D eigenvalue weighted by Gasteiger charge is 2.36. The molecule has 0 N–H and O–H groups in total. The number of anilines is 1. The van der Waals surface area contributed by atoms with Gasteiger partial charge in [0.05, 0.1) is 13.7 Å². The minimum absolute atomic E-state index is 0.365. The maximum absolute atomic E-state index is 13.0. The van der Waals surface area contributed by atoms with E-state index in [-0.39, 0.29) is 0 Å². The van der Waals surface area contributed by atoms with Gasteiger partial charge in [0.2, 0.25) is 5.91 Å². The molecular weight excluding hydrogens is 338 g/mol. The van der Waals surface area contributed by atoms with Crippen molar-refractivity contribution in [1.29, 1.82) is 0 Å². The molecule has 5 heteroatoms. The second kappa shape index (κ2) is 8.51. The van der Waals surface area contributed by atoms with Crippen LogP contribution < -0.4 is 9.64 Å². The van der Waals surface area contributed by atoms with Gasteiger partial charge in [-0.15, -0.1) is 0 Å². The zero-order valence-corrected chi connectivity index (χ0v) is 16.6. The number of benzene rings is 1. The second-order valence-corrected chi connectivity index (χ2v) is 8.30. The zero-order valence-electron chi connectivity index (χ0n) is 16.6. The number of carbonyl (C=O) groups excluding carboxylic acids is 1. The first-order valence-corrected chi connectivity index (χ1v) is 10.7. The molecule has 0 bridgehead atoms. The minimum Gasteiger partial charge on any atom is -0.497 e. The molecule has 0 radical (unpaired) electrons. The van der Waals surface area contributed by atoms with E-state index in [1.807, 2.05) is 12.1 Å². The van der Waals surface area contributed by atoms with Gasteiger partial charge in [0.15, 0.2) is 0 Å². The third-order valence-electron chi connectivity index (χ3n) is 6.73. The molecule has 1 aromatic carbocycles. The summed E-state index contributed by atoms with van der Waals surface area (Å²) in [4.78, 5) is 20.0. The SMILES string of the molecule is COc1ccc(N2CCN(CC(=O)N3CCC[C@H]4CCCC[C@@H]43)CC2)cc1.